The average Bonchev–Trinajstić information content (AvgIpc) is 2.94. The molecule has 1 aliphatic rings. The third-order valence-electron chi connectivity index (χ3n) is 3.98. The molecule has 19 heavy (non-hydrogen) atoms. The van der Waals surface area contributed by atoms with E-state index in [-0.39, 0.29) is 0 Å². The summed E-state index contributed by atoms with van der Waals surface area (Å²) < 4.78 is 0. The minimum atomic E-state index is 0.624. The predicted molar refractivity (Wildman–Crippen MR) is 85.1 cm³/mol. The van der Waals surface area contributed by atoms with Crippen molar-refractivity contribution in [3.8, 4) is 0 Å². The Morgan fingerprint density at radius 3 is 2.32 bits per heavy atom. The lowest BCUT2D eigenvalue weighted by atomic mass is 10.1. The van der Waals surface area contributed by atoms with Crippen LogP contribution >= 0.6 is 0 Å². The first-order chi connectivity index (χ1) is 9.35. The molecular weight excluding hydrogens is 232 g/mol. The zero-order valence-corrected chi connectivity index (χ0v) is 12.5. The summed E-state index contributed by atoms with van der Waals surface area (Å²) in [6.45, 7) is 6.98. The molecule has 0 amide bonds. The first kappa shape index (κ1) is 14.2. The van der Waals surface area contributed by atoms with Crippen molar-refractivity contribution in [1.29, 1.82) is 0 Å². The Kier molecular flexibility index (Phi) is 5.56. The summed E-state index contributed by atoms with van der Waals surface area (Å²) >= 11 is 0. The van der Waals surface area contributed by atoms with Crippen LogP contribution in [0.5, 0.6) is 0 Å². The van der Waals surface area contributed by atoms with Gasteiger partial charge < -0.3 is 10.2 Å². The summed E-state index contributed by atoms with van der Waals surface area (Å²) in [5.41, 5.74) is 2.73. The molecule has 0 aromatic heterocycles. The molecule has 0 bridgehead atoms. The molecule has 0 atom stereocenters. The van der Waals surface area contributed by atoms with Crippen molar-refractivity contribution >= 4 is 11.4 Å². The molecule has 1 aliphatic heterocycles. The van der Waals surface area contributed by atoms with Gasteiger partial charge in [-0.15, -0.1) is 0 Å². The summed E-state index contributed by atoms with van der Waals surface area (Å²) in [4.78, 5) is 2.53. The quantitative estimate of drug-likeness (QED) is 0.766. The third-order valence-corrected chi connectivity index (χ3v) is 3.98. The zero-order chi connectivity index (χ0) is 13.5. The van der Waals surface area contributed by atoms with Crippen molar-refractivity contribution in [2.24, 2.45) is 0 Å². The summed E-state index contributed by atoms with van der Waals surface area (Å²) in [6, 6.07) is 9.44. The van der Waals surface area contributed by atoms with Gasteiger partial charge in [0, 0.05) is 19.1 Å². The molecule has 2 nitrogen and oxygen atoms in total. The van der Waals surface area contributed by atoms with Crippen molar-refractivity contribution in [3.05, 3.63) is 24.3 Å². The second-order valence-electron chi connectivity index (χ2n) is 5.63. The maximum atomic E-state index is 3.78. The Bertz CT molecular complexity index is 363. The second-order valence-corrected chi connectivity index (χ2v) is 5.63. The van der Waals surface area contributed by atoms with E-state index in [4.69, 9.17) is 0 Å². The van der Waals surface area contributed by atoms with E-state index in [1.165, 1.54) is 63.0 Å². The summed E-state index contributed by atoms with van der Waals surface area (Å²) in [5, 5.41) is 3.78. The Hall–Kier alpha value is -1.18. The van der Waals surface area contributed by atoms with Gasteiger partial charge in [-0.2, -0.15) is 0 Å². The van der Waals surface area contributed by atoms with E-state index in [1.807, 2.05) is 0 Å². The number of benzene rings is 1. The number of hydrogen-bond donors (Lipinski definition) is 1. The van der Waals surface area contributed by atoms with Gasteiger partial charge in [0.2, 0.25) is 0 Å². The van der Waals surface area contributed by atoms with Crippen molar-refractivity contribution in [3.63, 3.8) is 0 Å². The first-order valence-corrected chi connectivity index (χ1v) is 7.95. The van der Waals surface area contributed by atoms with Crippen LogP contribution in [0.25, 0.3) is 0 Å². The van der Waals surface area contributed by atoms with Gasteiger partial charge in [-0.25, -0.2) is 0 Å². The van der Waals surface area contributed by atoms with Crippen molar-refractivity contribution in [2.45, 2.75) is 58.4 Å². The fourth-order valence-electron chi connectivity index (χ4n) is 3.03. The summed E-state index contributed by atoms with van der Waals surface area (Å²) in [7, 11) is 0. The maximum absolute atomic E-state index is 3.78. The van der Waals surface area contributed by atoms with E-state index >= 15 is 0 Å². The highest BCUT2D eigenvalue weighted by molar-refractivity contribution is 5.70. The summed E-state index contributed by atoms with van der Waals surface area (Å²) in [5.74, 6) is 0. The van der Waals surface area contributed by atoms with E-state index in [1.54, 1.807) is 0 Å². The van der Waals surface area contributed by atoms with Gasteiger partial charge in [0.05, 0.1) is 11.4 Å². The average molecular weight is 260 g/mol. The number of nitrogens with one attached hydrogen (secondary N) is 1. The topological polar surface area (TPSA) is 15.3 Å². The molecule has 2 heteroatoms. The largest absolute Gasteiger partial charge is 0.381 e. The minimum Gasteiger partial charge on any atom is -0.381 e. The highest BCUT2D eigenvalue weighted by atomic mass is 15.2. The molecule has 1 aromatic rings. The van der Waals surface area contributed by atoms with Gasteiger partial charge in [0.1, 0.15) is 0 Å². The highest BCUT2D eigenvalue weighted by Gasteiger charge is 2.16. The fraction of sp³-hybridized carbons (Fsp3) is 0.647. The lowest BCUT2D eigenvalue weighted by molar-refractivity contribution is 0.586. The Morgan fingerprint density at radius 2 is 1.68 bits per heavy atom. The summed E-state index contributed by atoms with van der Waals surface area (Å²) in [6.07, 6.45) is 7.71. The number of hydrogen-bond acceptors (Lipinski definition) is 2. The molecule has 1 fully saturated rings. The fourth-order valence-corrected chi connectivity index (χ4v) is 3.03. The van der Waals surface area contributed by atoms with E-state index in [2.05, 4.69) is 48.3 Å². The van der Waals surface area contributed by atoms with Gasteiger partial charge in [-0.3, -0.25) is 0 Å². The number of anilines is 2. The van der Waals surface area contributed by atoms with Crippen LogP contribution in [0.15, 0.2) is 24.3 Å². The van der Waals surface area contributed by atoms with E-state index in [0.29, 0.717) is 6.04 Å². The number of para-hydroxylation sites is 2. The molecule has 1 saturated heterocycles. The van der Waals surface area contributed by atoms with Crippen LogP contribution in [0.3, 0.4) is 0 Å². The van der Waals surface area contributed by atoms with Crippen LogP contribution in [0.1, 0.15) is 52.4 Å². The molecule has 1 aromatic carbocycles. The smallest absolute Gasteiger partial charge is 0.0602 e. The molecule has 106 valence electrons. The van der Waals surface area contributed by atoms with E-state index in [9.17, 15) is 0 Å². The molecular formula is C17H28N2. The van der Waals surface area contributed by atoms with Crippen molar-refractivity contribution in [2.75, 3.05) is 23.3 Å². The molecule has 1 N–H and O–H groups in total. The van der Waals surface area contributed by atoms with E-state index in [0.717, 1.165) is 0 Å². The van der Waals surface area contributed by atoms with Crippen LogP contribution in [0.4, 0.5) is 11.4 Å². The van der Waals surface area contributed by atoms with Gasteiger partial charge in [-0.05, 0) is 37.8 Å². The monoisotopic (exact) mass is 260 g/mol. The maximum Gasteiger partial charge on any atom is 0.0602 e. The first-order valence-electron chi connectivity index (χ1n) is 7.95. The van der Waals surface area contributed by atoms with Crippen LogP contribution in [-0.2, 0) is 0 Å². The van der Waals surface area contributed by atoms with Crippen LogP contribution in [-0.4, -0.2) is 19.1 Å². The van der Waals surface area contributed by atoms with Crippen molar-refractivity contribution in [1.82, 2.24) is 0 Å². The molecule has 0 aliphatic carbocycles. The lowest BCUT2D eigenvalue weighted by Crippen LogP contribution is -2.23. The lowest BCUT2D eigenvalue weighted by Gasteiger charge is -2.25. The van der Waals surface area contributed by atoms with E-state index < -0.39 is 0 Å². The minimum absolute atomic E-state index is 0.624. The molecule has 0 radical (unpaired) electrons. The molecule has 0 spiro atoms. The number of nitrogens with zero attached hydrogens (tertiary/aromatic N) is 1. The van der Waals surface area contributed by atoms with Gasteiger partial charge in [0.25, 0.3) is 0 Å². The SMILES string of the molecule is CCCC(CCC)Nc1ccccc1N1CCCC1. The Labute approximate surface area is 118 Å². The second kappa shape index (κ2) is 7.42. The number of rotatable bonds is 7. The van der Waals surface area contributed by atoms with Gasteiger partial charge in [-0.1, -0.05) is 38.8 Å². The third kappa shape index (κ3) is 3.89. The van der Waals surface area contributed by atoms with Gasteiger partial charge >= 0.3 is 0 Å². The van der Waals surface area contributed by atoms with Gasteiger partial charge in [0.15, 0.2) is 0 Å². The zero-order valence-electron chi connectivity index (χ0n) is 12.5. The van der Waals surface area contributed by atoms with Crippen molar-refractivity contribution < 1.29 is 0 Å². The predicted octanol–water partition coefficient (Wildman–Crippen LogP) is 4.67. The molecule has 2 rings (SSSR count). The highest BCUT2D eigenvalue weighted by Crippen LogP contribution is 2.30. The molecule has 0 unspecified atom stereocenters. The van der Waals surface area contributed by atoms with Crippen LogP contribution in [0.2, 0.25) is 0 Å². The van der Waals surface area contributed by atoms with Crippen LogP contribution < -0.4 is 10.2 Å². The standard InChI is InChI=1S/C17H28N2/c1-3-9-15(10-4-2)18-16-11-5-6-12-17(16)19-13-7-8-14-19/h5-6,11-12,15,18H,3-4,7-10,13-14H2,1-2H3. The molecule has 0 saturated carbocycles. The normalized spacial score (nSPS) is 15.2. The Balaban J connectivity index is 2.09. The molecule has 1 heterocycles. The van der Waals surface area contributed by atoms with Crippen LogP contribution in [0, 0.1) is 0 Å². The Morgan fingerprint density at radius 1 is 1.05 bits per heavy atom.